The highest BCUT2D eigenvalue weighted by atomic mass is 35.5. The number of nitrogens with zero attached hydrogens (tertiary/aromatic N) is 3. The summed E-state index contributed by atoms with van der Waals surface area (Å²) in [6.07, 6.45) is 3.58. The third kappa shape index (κ3) is 4.22. The van der Waals surface area contributed by atoms with E-state index in [1.165, 1.54) is 0 Å². The molecule has 1 saturated heterocycles. The number of piperazine rings is 1. The van der Waals surface area contributed by atoms with Gasteiger partial charge in [-0.3, -0.25) is 9.59 Å². The van der Waals surface area contributed by atoms with Crippen LogP contribution < -0.4 is 10.2 Å². The lowest BCUT2D eigenvalue weighted by molar-refractivity contribution is -0.117. The van der Waals surface area contributed by atoms with Crippen molar-refractivity contribution < 1.29 is 9.59 Å². The van der Waals surface area contributed by atoms with E-state index in [2.05, 4.69) is 15.2 Å². The van der Waals surface area contributed by atoms with Crippen LogP contribution in [-0.2, 0) is 4.79 Å². The van der Waals surface area contributed by atoms with E-state index in [9.17, 15) is 9.59 Å². The number of anilines is 2. The summed E-state index contributed by atoms with van der Waals surface area (Å²) in [6, 6.07) is 10.9. The van der Waals surface area contributed by atoms with Crippen molar-refractivity contribution in [2.75, 3.05) is 36.4 Å². The monoisotopic (exact) mass is 384 g/mol. The number of pyridine rings is 1. The van der Waals surface area contributed by atoms with Crippen LogP contribution in [0.25, 0.3) is 0 Å². The zero-order chi connectivity index (χ0) is 18.8. The van der Waals surface area contributed by atoms with Crippen molar-refractivity contribution in [3.05, 3.63) is 53.2 Å². The highest BCUT2D eigenvalue weighted by molar-refractivity contribution is 6.30. The topological polar surface area (TPSA) is 65.5 Å². The second-order valence-electron chi connectivity index (χ2n) is 6.95. The molecular weight excluding hydrogens is 364 g/mol. The summed E-state index contributed by atoms with van der Waals surface area (Å²) in [7, 11) is 0. The Hall–Kier alpha value is -2.60. The van der Waals surface area contributed by atoms with Gasteiger partial charge in [0, 0.05) is 49.5 Å². The lowest BCUT2D eigenvalue weighted by Crippen LogP contribution is -2.49. The summed E-state index contributed by atoms with van der Waals surface area (Å²) in [5, 5.41) is 3.51. The summed E-state index contributed by atoms with van der Waals surface area (Å²) in [6.45, 7) is 2.75. The van der Waals surface area contributed by atoms with Crippen molar-refractivity contribution in [3.63, 3.8) is 0 Å². The van der Waals surface area contributed by atoms with E-state index in [1.807, 2.05) is 17.0 Å². The van der Waals surface area contributed by atoms with Crippen LogP contribution in [0.1, 0.15) is 23.2 Å². The molecule has 2 heterocycles. The summed E-state index contributed by atoms with van der Waals surface area (Å²) < 4.78 is 0. The minimum atomic E-state index is 0.0128. The average molecular weight is 385 g/mol. The number of hydrogen-bond acceptors (Lipinski definition) is 4. The molecular formula is C20H21ClN4O2. The van der Waals surface area contributed by atoms with E-state index in [4.69, 9.17) is 11.6 Å². The Kier molecular flexibility index (Phi) is 4.99. The average Bonchev–Trinajstić information content (AvgIpc) is 3.54. The van der Waals surface area contributed by atoms with Gasteiger partial charge in [-0.15, -0.1) is 0 Å². The van der Waals surface area contributed by atoms with E-state index in [-0.39, 0.29) is 17.7 Å². The molecule has 0 atom stereocenters. The van der Waals surface area contributed by atoms with Gasteiger partial charge in [0.2, 0.25) is 5.91 Å². The number of halogens is 1. The van der Waals surface area contributed by atoms with Gasteiger partial charge in [-0.1, -0.05) is 11.6 Å². The molecule has 0 unspecified atom stereocenters. The predicted octanol–water partition coefficient (Wildman–Crippen LogP) is 3.05. The van der Waals surface area contributed by atoms with E-state index in [1.54, 1.807) is 30.5 Å². The van der Waals surface area contributed by atoms with Crippen molar-refractivity contribution >= 4 is 34.9 Å². The first kappa shape index (κ1) is 17.8. The van der Waals surface area contributed by atoms with Crippen molar-refractivity contribution in [2.45, 2.75) is 12.8 Å². The molecule has 4 rings (SSSR count). The molecule has 2 fully saturated rings. The van der Waals surface area contributed by atoms with E-state index in [0.29, 0.717) is 23.7 Å². The minimum absolute atomic E-state index is 0.0128. The molecule has 140 valence electrons. The van der Waals surface area contributed by atoms with Gasteiger partial charge in [-0.2, -0.15) is 0 Å². The van der Waals surface area contributed by atoms with E-state index >= 15 is 0 Å². The summed E-state index contributed by atoms with van der Waals surface area (Å²) in [5.74, 6) is 1.12. The SMILES string of the molecule is O=C(Nc1ccc(C(=O)N2CCN(c3ccc(Cl)cn3)CC2)cc1)C1CC1. The summed E-state index contributed by atoms with van der Waals surface area (Å²) in [5.41, 5.74) is 1.37. The van der Waals surface area contributed by atoms with Gasteiger partial charge in [0.1, 0.15) is 5.82 Å². The van der Waals surface area contributed by atoms with Gasteiger partial charge >= 0.3 is 0 Å². The van der Waals surface area contributed by atoms with Crippen molar-refractivity contribution in [1.82, 2.24) is 9.88 Å². The Morgan fingerprint density at radius 3 is 2.30 bits per heavy atom. The number of amides is 2. The molecule has 2 aliphatic rings. The Morgan fingerprint density at radius 2 is 1.70 bits per heavy atom. The molecule has 27 heavy (non-hydrogen) atoms. The van der Waals surface area contributed by atoms with Crippen LogP contribution in [0.15, 0.2) is 42.6 Å². The molecule has 2 aromatic rings. The van der Waals surface area contributed by atoms with Gasteiger partial charge in [0.05, 0.1) is 5.02 Å². The van der Waals surface area contributed by atoms with Crippen LogP contribution in [0.5, 0.6) is 0 Å². The fourth-order valence-electron chi connectivity index (χ4n) is 3.16. The van der Waals surface area contributed by atoms with Crippen molar-refractivity contribution in [2.24, 2.45) is 5.92 Å². The fraction of sp³-hybridized carbons (Fsp3) is 0.350. The number of nitrogens with one attached hydrogen (secondary N) is 1. The molecule has 1 aromatic carbocycles. The van der Waals surface area contributed by atoms with Gasteiger partial charge in [0.15, 0.2) is 0 Å². The molecule has 2 amide bonds. The Balaban J connectivity index is 1.33. The maximum Gasteiger partial charge on any atom is 0.253 e. The molecule has 1 aliphatic heterocycles. The second kappa shape index (κ2) is 7.56. The van der Waals surface area contributed by atoms with Crippen molar-refractivity contribution in [1.29, 1.82) is 0 Å². The second-order valence-corrected chi connectivity index (χ2v) is 7.39. The standard InChI is InChI=1S/C20H21ClN4O2/c21-16-5-8-18(22-13-16)24-9-11-25(12-10-24)20(27)15-3-6-17(7-4-15)23-19(26)14-1-2-14/h3-8,13-14H,1-2,9-12H2,(H,23,26). The summed E-state index contributed by atoms with van der Waals surface area (Å²) >= 11 is 5.88. The van der Waals surface area contributed by atoms with Crippen LogP contribution >= 0.6 is 11.6 Å². The maximum atomic E-state index is 12.7. The molecule has 1 aliphatic carbocycles. The normalized spacial score (nSPS) is 16.9. The third-order valence-electron chi connectivity index (χ3n) is 4.95. The lowest BCUT2D eigenvalue weighted by atomic mass is 10.1. The van der Waals surface area contributed by atoms with Crippen LogP contribution in [0, 0.1) is 5.92 Å². The molecule has 0 bridgehead atoms. The molecule has 7 heteroatoms. The van der Waals surface area contributed by atoms with Gasteiger partial charge in [0.25, 0.3) is 5.91 Å². The van der Waals surface area contributed by atoms with E-state index in [0.717, 1.165) is 37.4 Å². The third-order valence-corrected chi connectivity index (χ3v) is 5.17. The minimum Gasteiger partial charge on any atom is -0.353 e. The Labute approximate surface area is 163 Å². The molecule has 1 aromatic heterocycles. The highest BCUT2D eigenvalue weighted by Gasteiger charge is 2.29. The van der Waals surface area contributed by atoms with Crippen molar-refractivity contribution in [3.8, 4) is 0 Å². The molecule has 0 radical (unpaired) electrons. The quantitative estimate of drug-likeness (QED) is 0.879. The van der Waals surface area contributed by atoms with Gasteiger partial charge < -0.3 is 15.1 Å². The number of hydrogen-bond donors (Lipinski definition) is 1. The number of benzene rings is 1. The number of carbonyl (C=O) groups is 2. The summed E-state index contributed by atoms with van der Waals surface area (Å²) in [4.78, 5) is 32.9. The van der Waals surface area contributed by atoms with Gasteiger partial charge in [-0.05, 0) is 49.2 Å². The first-order valence-corrected chi connectivity index (χ1v) is 9.55. The number of rotatable bonds is 4. The van der Waals surface area contributed by atoms with Crippen LogP contribution in [0.2, 0.25) is 5.02 Å². The smallest absolute Gasteiger partial charge is 0.253 e. The molecule has 6 nitrogen and oxygen atoms in total. The first-order chi connectivity index (χ1) is 13.1. The van der Waals surface area contributed by atoms with Crippen LogP contribution in [0.3, 0.4) is 0 Å². The molecule has 1 N–H and O–H groups in total. The zero-order valence-electron chi connectivity index (χ0n) is 14.9. The van der Waals surface area contributed by atoms with Gasteiger partial charge in [-0.25, -0.2) is 4.98 Å². The first-order valence-electron chi connectivity index (χ1n) is 9.17. The predicted molar refractivity (Wildman–Crippen MR) is 105 cm³/mol. The largest absolute Gasteiger partial charge is 0.353 e. The zero-order valence-corrected chi connectivity index (χ0v) is 15.7. The lowest BCUT2D eigenvalue weighted by Gasteiger charge is -2.35. The van der Waals surface area contributed by atoms with Crippen LogP contribution in [-0.4, -0.2) is 47.9 Å². The maximum absolute atomic E-state index is 12.7. The fourth-order valence-corrected chi connectivity index (χ4v) is 3.27. The Morgan fingerprint density at radius 1 is 1.00 bits per heavy atom. The number of carbonyl (C=O) groups excluding carboxylic acids is 2. The van der Waals surface area contributed by atoms with E-state index < -0.39 is 0 Å². The Bertz CT molecular complexity index is 826. The number of aromatic nitrogens is 1. The molecule has 1 saturated carbocycles. The highest BCUT2D eigenvalue weighted by Crippen LogP contribution is 2.30. The molecule has 0 spiro atoms. The van der Waals surface area contributed by atoms with Crippen LogP contribution in [0.4, 0.5) is 11.5 Å².